The lowest BCUT2D eigenvalue weighted by molar-refractivity contribution is -0.121. The predicted octanol–water partition coefficient (Wildman–Crippen LogP) is 3.38. The van der Waals surface area contributed by atoms with Gasteiger partial charge in [-0.15, -0.1) is 0 Å². The van der Waals surface area contributed by atoms with Crippen molar-refractivity contribution < 1.29 is 14.3 Å². The molecule has 0 spiro atoms. The van der Waals surface area contributed by atoms with E-state index in [1.54, 1.807) is 13.3 Å². The molecule has 1 saturated heterocycles. The molecule has 148 valence electrons. The normalized spacial score (nSPS) is 18.7. The molecule has 1 amide bonds. The third-order valence-electron chi connectivity index (χ3n) is 5.88. The van der Waals surface area contributed by atoms with Crippen molar-refractivity contribution in [2.45, 2.75) is 31.1 Å². The van der Waals surface area contributed by atoms with Crippen LogP contribution in [0.5, 0.6) is 5.75 Å². The number of nitrogens with one attached hydrogen (secondary N) is 1. The van der Waals surface area contributed by atoms with Gasteiger partial charge in [-0.25, -0.2) is 4.98 Å². The Morgan fingerprint density at radius 2 is 1.82 bits per heavy atom. The Labute approximate surface area is 165 Å². The molecule has 1 aromatic heterocycles. The van der Waals surface area contributed by atoms with Gasteiger partial charge < -0.3 is 19.7 Å². The quantitative estimate of drug-likeness (QED) is 0.860. The topological polar surface area (TPSA) is 63.7 Å². The van der Waals surface area contributed by atoms with E-state index in [0.717, 1.165) is 74.8 Å². The number of carbonyl (C=O) groups is 1. The third-order valence-corrected chi connectivity index (χ3v) is 5.88. The number of hydrogen-bond acceptors (Lipinski definition) is 5. The molecule has 1 saturated carbocycles. The fourth-order valence-corrected chi connectivity index (χ4v) is 4.23. The number of pyridine rings is 1. The summed E-state index contributed by atoms with van der Waals surface area (Å²) in [5, 5.41) is 3.11. The molecule has 2 aliphatic rings. The van der Waals surface area contributed by atoms with Crippen LogP contribution < -0.4 is 15.0 Å². The molecule has 0 unspecified atom stereocenters. The average molecular weight is 381 g/mol. The fourth-order valence-electron chi connectivity index (χ4n) is 4.23. The Hall–Kier alpha value is -2.60. The number of benzene rings is 1. The molecule has 2 aromatic rings. The number of aromatic nitrogens is 1. The minimum absolute atomic E-state index is 0.0519. The van der Waals surface area contributed by atoms with Gasteiger partial charge in [-0.2, -0.15) is 0 Å². The number of rotatable bonds is 5. The van der Waals surface area contributed by atoms with Gasteiger partial charge in [0.1, 0.15) is 11.6 Å². The van der Waals surface area contributed by atoms with Gasteiger partial charge in [-0.1, -0.05) is 25.0 Å². The fraction of sp³-hybridized carbons (Fsp3) is 0.455. The lowest BCUT2D eigenvalue weighted by atomic mass is 9.78. The van der Waals surface area contributed by atoms with Crippen LogP contribution in [-0.4, -0.2) is 44.3 Å². The highest BCUT2D eigenvalue weighted by atomic mass is 16.5. The van der Waals surface area contributed by atoms with Crippen molar-refractivity contribution in [3.63, 3.8) is 0 Å². The molecule has 1 aromatic carbocycles. The Balaban J connectivity index is 1.50. The second kappa shape index (κ2) is 8.19. The first-order chi connectivity index (χ1) is 13.7. The number of carbonyl (C=O) groups excluding carboxylic acids is 1. The van der Waals surface area contributed by atoms with E-state index in [-0.39, 0.29) is 5.91 Å². The molecule has 1 aliphatic carbocycles. The summed E-state index contributed by atoms with van der Waals surface area (Å²) in [6.45, 7) is 3.15. The molecule has 1 aliphatic heterocycles. The number of methoxy groups -OCH3 is 1. The van der Waals surface area contributed by atoms with E-state index in [0.29, 0.717) is 0 Å². The van der Waals surface area contributed by atoms with Gasteiger partial charge in [0, 0.05) is 13.1 Å². The van der Waals surface area contributed by atoms with Gasteiger partial charge in [0.15, 0.2) is 0 Å². The number of nitrogens with zero attached hydrogens (tertiary/aromatic N) is 2. The molecule has 0 atom stereocenters. The van der Waals surface area contributed by atoms with Crippen LogP contribution in [-0.2, 0) is 14.9 Å². The lowest BCUT2D eigenvalue weighted by Gasteiger charge is -2.29. The van der Waals surface area contributed by atoms with E-state index in [4.69, 9.17) is 9.47 Å². The number of morpholine rings is 1. The van der Waals surface area contributed by atoms with Gasteiger partial charge in [0.05, 0.1) is 37.6 Å². The smallest absolute Gasteiger partial charge is 0.235 e. The first-order valence-corrected chi connectivity index (χ1v) is 9.96. The standard InChI is InChI=1S/C22H27N3O3/c1-27-19-7-4-17(5-8-19)22(10-2-3-11-22)21(26)24-18-6-9-20(23-16-18)25-12-14-28-15-13-25/h4-9,16H,2-3,10-15H2,1H3,(H,24,26). The van der Waals surface area contributed by atoms with E-state index < -0.39 is 5.41 Å². The van der Waals surface area contributed by atoms with Crippen molar-refractivity contribution in [2.75, 3.05) is 43.6 Å². The van der Waals surface area contributed by atoms with Gasteiger partial charge in [-0.3, -0.25) is 4.79 Å². The first-order valence-electron chi connectivity index (χ1n) is 9.96. The van der Waals surface area contributed by atoms with E-state index >= 15 is 0 Å². The zero-order chi connectivity index (χ0) is 19.4. The highest BCUT2D eigenvalue weighted by Gasteiger charge is 2.42. The van der Waals surface area contributed by atoms with Crippen LogP contribution in [0.4, 0.5) is 11.5 Å². The number of amides is 1. The summed E-state index contributed by atoms with van der Waals surface area (Å²) in [5.41, 5.74) is 1.32. The summed E-state index contributed by atoms with van der Waals surface area (Å²) in [5.74, 6) is 1.78. The van der Waals surface area contributed by atoms with E-state index in [1.807, 2.05) is 36.4 Å². The zero-order valence-corrected chi connectivity index (χ0v) is 16.3. The summed E-state index contributed by atoms with van der Waals surface area (Å²) < 4.78 is 10.6. The van der Waals surface area contributed by atoms with Gasteiger partial charge >= 0.3 is 0 Å². The molecule has 0 bridgehead atoms. The van der Waals surface area contributed by atoms with Crippen molar-refractivity contribution in [2.24, 2.45) is 0 Å². The first kappa shape index (κ1) is 18.7. The van der Waals surface area contributed by atoms with Crippen molar-refractivity contribution in [3.05, 3.63) is 48.2 Å². The van der Waals surface area contributed by atoms with E-state index in [2.05, 4.69) is 15.2 Å². The van der Waals surface area contributed by atoms with Gasteiger partial charge in [0.25, 0.3) is 0 Å². The molecule has 2 fully saturated rings. The molecule has 0 radical (unpaired) electrons. The number of anilines is 2. The van der Waals surface area contributed by atoms with Crippen molar-refractivity contribution in [3.8, 4) is 5.75 Å². The second-order valence-electron chi connectivity index (χ2n) is 7.48. The summed E-state index contributed by atoms with van der Waals surface area (Å²) in [7, 11) is 1.65. The summed E-state index contributed by atoms with van der Waals surface area (Å²) in [6, 6.07) is 11.8. The van der Waals surface area contributed by atoms with E-state index in [9.17, 15) is 4.79 Å². The highest BCUT2D eigenvalue weighted by Crippen LogP contribution is 2.42. The summed E-state index contributed by atoms with van der Waals surface area (Å²) >= 11 is 0. The summed E-state index contributed by atoms with van der Waals surface area (Å²) in [6.07, 6.45) is 5.61. The Kier molecular flexibility index (Phi) is 5.48. The van der Waals surface area contributed by atoms with Crippen LogP contribution >= 0.6 is 0 Å². The summed E-state index contributed by atoms with van der Waals surface area (Å²) in [4.78, 5) is 20.0. The SMILES string of the molecule is COc1ccc(C2(C(=O)Nc3ccc(N4CCOCC4)nc3)CCCC2)cc1. The molecule has 6 nitrogen and oxygen atoms in total. The van der Waals surface area contributed by atoms with Crippen LogP contribution in [0.25, 0.3) is 0 Å². The molecular weight excluding hydrogens is 354 g/mol. The maximum atomic E-state index is 13.3. The third kappa shape index (κ3) is 3.69. The Morgan fingerprint density at radius 3 is 2.43 bits per heavy atom. The molecular formula is C22H27N3O3. The molecule has 2 heterocycles. The Bertz CT molecular complexity index is 793. The van der Waals surface area contributed by atoms with Crippen LogP contribution in [0.15, 0.2) is 42.6 Å². The maximum absolute atomic E-state index is 13.3. The predicted molar refractivity (Wildman–Crippen MR) is 109 cm³/mol. The van der Waals surface area contributed by atoms with Crippen LogP contribution in [0.3, 0.4) is 0 Å². The van der Waals surface area contributed by atoms with Crippen molar-refractivity contribution in [1.29, 1.82) is 0 Å². The second-order valence-corrected chi connectivity index (χ2v) is 7.48. The van der Waals surface area contributed by atoms with Crippen LogP contribution in [0.1, 0.15) is 31.2 Å². The highest BCUT2D eigenvalue weighted by molar-refractivity contribution is 5.99. The number of hydrogen-bond donors (Lipinski definition) is 1. The average Bonchev–Trinajstić information content (AvgIpc) is 3.26. The van der Waals surface area contributed by atoms with Gasteiger partial charge in [-0.05, 0) is 42.7 Å². The molecule has 6 heteroatoms. The molecule has 4 rings (SSSR count). The van der Waals surface area contributed by atoms with Crippen LogP contribution in [0, 0.1) is 0 Å². The van der Waals surface area contributed by atoms with Crippen molar-refractivity contribution in [1.82, 2.24) is 4.98 Å². The maximum Gasteiger partial charge on any atom is 0.235 e. The molecule has 1 N–H and O–H groups in total. The number of ether oxygens (including phenoxy) is 2. The minimum Gasteiger partial charge on any atom is -0.497 e. The van der Waals surface area contributed by atoms with E-state index in [1.165, 1.54) is 0 Å². The van der Waals surface area contributed by atoms with Crippen molar-refractivity contribution >= 4 is 17.4 Å². The monoisotopic (exact) mass is 381 g/mol. The Morgan fingerprint density at radius 1 is 1.11 bits per heavy atom. The lowest BCUT2D eigenvalue weighted by Crippen LogP contribution is -2.38. The van der Waals surface area contributed by atoms with Crippen LogP contribution in [0.2, 0.25) is 0 Å². The minimum atomic E-state index is -0.477. The largest absolute Gasteiger partial charge is 0.497 e. The van der Waals surface area contributed by atoms with Gasteiger partial charge in [0.2, 0.25) is 5.91 Å². The molecule has 28 heavy (non-hydrogen) atoms. The zero-order valence-electron chi connectivity index (χ0n) is 16.3.